The highest BCUT2D eigenvalue weighted by atomic mass is 32.3. The average Bonchev–Trinajstić information content (AvgIpc) is 2.16. The van der Waals surface area contributed by atoms with Crippen LogP contribution < -0.4 is 5.73 Å². The summed E-state index contributed by atoms with van der Waals surface area (Å²) < 4.78 is 31.6. The van der Waals surface area contributed by atoms with Gasteiger partial charge in [0.1, 0.15) is 0 Å². The fourth-order valence-electron chi connectivity index (χ4n) is 1.35. The zero-order valence-corrected chi connectivity index (χ0v) is 10.1. The number of aliphatic hydroxyl groups is 1. The first-order valence-electron chi connectivity index (χ1n) is 4.86. The van der Waals surface area contributed by atoms with Gasteiger partial charge in [0.05, 0.1) is 6.61 Å². The summed E-state index contributed by atoms with van der Waals surface area (Å²) in [5.74, 6) is 0.152. The van der Waals surface area contributed by atoms with Gasteiger partial charge in [-0.05, 0) is 0 Å². The molecular weight excluding hydrogens is 252 g/mol. The Morgan fingerprint density at radius 3 is 1.94 bits per heavy atom. The van der Waals surface area contributed by atoms with Gasteiger partial charge in [0.2, 0.25) is 0 Å². The Kier molecular flexibility index (Phi) is 6.99. The predicted octanol–water partition coefficient (Wildman–Crippen LogP) is -2.16. The number of hydrogen-bond acceptors (Lipinski definition) is 5. The van der Waals surface area contributed by atoms with E-state index in [-0.39, 0.29) is 12.6 Å². The van der Waals surface area contributed by atoms with E-state index in [1.165, 1.54) is 0 Å². The summed E-state index contributed by atoms with van der Waals surface area (Å²) in [7, 11) is -4.67. The summed E-state index contributed by atoms with van der Waals surface area (Å²) in [4.78, 5) is 4.01. The highest BCUT2D eigenvalue weighted by Gasteiger charge is 2.16. The van der Waals surface area contributed by atoms with Crippen molar-refractivity contribution >= 4 is 16.4 Å². The molecule has 1 rings (SSSR count). The van der Waals surface area contributed by atoms with Crippen molar-refractivity contribution in [3.05, 3.63) is 0 Å². The van der Waals surface area contributed by atoms with E-state index in [1.807, 2.05) is 4.90 Å². The summed E-state index contributed by atoms with van der Waals surface area (Å²) in [5, 5.41) is 15.9. The fourth-order valence-corrected chi connectivity index (χ4v) is 1.35. The molecule has 102 valence electrons. The minimum Gasteiger partial charge on any atom is -0.395 e. The molecule has 0 aromatic heterocycles. The molecule has 9 nitrogen and oxygen atoms in total. The maximum Gasteiger partial charge on any atom is 0.394 e. The zero-order valence-electron chi connectivity index (χ0n) is 9.28. The second-order valence-corrected chi connectivity index (χ2v) is 4.28. The molecule has 0 spiro atoms. The lowest BCUT2D eigenvalue weighted by molar-refractivity contribution is 0.146. The van der Waals surface area contributed by atoms with Gasteiger partial charge in [-0.25, -0.2) is 0 Å². The standard InChI is InChI=1S/C7H16N4O.H2O4S/c8-7(9)11-3-1-10(2-4-11)5-6-12;1-5(2,3)4/h12H,1-6H2,(H3,8,9);(H2,1,2,3,4). The van der Waals surface area contributed by atoms with E-state index < -0.39 is 10.4 Å². The second-order valence-electron chi connectivity index (χ2n) is 3.39. The Hall–Kier alpha value is -0.940. The van der Waals surface area contributed by atoms with E-state index in [4.69, 9.17) is 33.8 Å². The number of nitrogens with zero attached hydrogens (tertiary/aromatic N) is 2. The quantitative estimate of drug-likeness (QED) is 0.216. The molecule has 1 aliphatic heterocycles. The normalized spacial score (nSPS) is 17.2. The molecule has 0 aliphatic carbocycles. The lowest BCUT2D eigenvalue weighted by atomic mass is 10.3. The van der Waals surface area contributed by atoms with Crippen LogP contribution in [0.25, 0.3) is 0 Å². The molecule has 0 radical (unpaired) electrons. The second kappa shape index (κ2) is 7.40. The average molecular weight is 270 g/mol. The highest BCUT2D eigenvalue weighted by molar-refractivity contribution is 7.79. The molecule has 1 heterocycles. The van der Waals surface area contributed by atoms with Crippen molar-refractivity contribution in [2.24, 2.45) is 5.73 Å². The number of piperazine rings is 1. The number of rotatable bonds is 2. The molecule has 17 heavy (non-hydrogen) atoms. The molecule has 0 aromatic carbocycles. The van der Waals surface area contributed by atoms with E-state index in [0.717, 1.165) is 32.7 Å². The minimum absolute atomic E-state index is 0.152. The van der Waals surface area contributed by atoms with E-state index in [1.54, 1.807) is 0 Å². The van der Waals surface area contributed by atoms with Crippen LogP contribution in [0.4, 0.5) is 0 Å². The molecule has 0 atom stereocenters. The van der Waals surface area contributed by atoms with Crippen molar-refractivity contribution in [3.63, 3.8) is 0 Å². The van der Waals surface area contributed by atoms with Crippen LogP contribution in [0.1, 0.15) is 0 Å². The maximum atomic E-state index is 8.74. The number of β-amino-alcohol motifs (C(OH)–C–C–N with tert-alkyl or cyclic N) is 1. The van der Waals surface area contributed by atoms with Gasteiger partial charge in [0, 0.05) is 32.7 Å². The largest absolute Gasteiger partial charge is 0.395 e. The van der Waals surface area contributed by atoms with Crippen molar-refractivity contribution in [1.82, 2.24) is 9.80 Å². The monoisotopic (exact) mass is 270 g/mol. The Labute approximate surface area is 99.9 Å². The summed E-state index contributed by atoms with van der Waals surface area (Å²) in [6.45, 7) is 4.32. The first-order chi connectivity index (χ1) is 7.74. The van der Waals surface area contributed by atoms with Gasteiger partial charge in [0.15, 0.2) is 5.96 Å². The van der Waals surface area contributed by atoms with Crippen LogP contribution in [0, 0.1) is 5.41 Å². The molecule has 1 saturated heterocycles. The van der Waals surface area contributed by atoms with Crippen molar-refractivity contribution in [1.29, 1.82) is 5.41 Å². The lowest BCUT2D eigenvalue weighted by Crippen LogP contribution is -2.51. The third-order valence-electron chi connectivity index (χ3n) is 2.13. The Bertz CT molecular complexity index is 317. The highest BCUT2D eigenvalue weighted by Crippen LogP contribution is 1.99. The number of hydrogen-bond donors (Lipinski definition) is 5. The van der Waals surface area contributed by atoms with Gasteiger partial charge >= 0.3 is 10.4 Å². The van der Waals surface area contributed by atoms with Crippen LogP contribution in [0.2, 0.25) is 0 Å². The fraction of sp³-hybridized carbons (Fsp3) is 0.857. The third-order valence-corrected chi connectivity index (χ3v) is 2.13. The molecule has 0 bridgehead atoms. The van der Waals surface area contributed by atoms with Gasteiger partial charge in [0.25, 0.3) is 0 Å². The van der Waals surface area contributed by atoms with Gasteiger partial charge in [-0.15, -0.1) is 0 Å². The van der Waals surface area contributed by atoms with Crippen molar-refractivity contribution < 1.29 is 22.6 Å². The van der Waals surface area contributed by atoms with Crippen LogP contribution in [0.15, 0.2) is 0 Å². The number of nitrogens with one attached hydrogen (secondary N) is 1. The number of guanidine groups is 1. The van der Waals surface area contributed by atoms with E-state index in [2.05, 4.69) is 4.90 Å². The van der Waals surface area contributed by atoms with Crippen LogP contribution in [-0.2, 0) is 10.4 Å². The molecule has 6 N–H and O–H groups in total. The summed E-state index contributed by atoms with van der Waals surface area (Å²) >= 11 is 0. The van der Waals surface area contributed by atoms with E-state index in [9.17, 15) is 0 Å². The predicted molar refractivity (Wildman–Crippen MR) is 61.2 cm³/mol. The van der Waals surface area contributed by atoms with Crippen LogP contribution >= 0.6 is 0 Å². The smallest absolute Gasteiger partial charge is 0.394 e. The Morgan fingerprint density at radius 1 is 1.24 bits per heavy atom. The van der Waals surface area contributed by atoms with Gasteiger partial charge < -0.3 is 15.7 Å². The van der Waals surface area contributed by atoms with Crippen molar-refractivity contribution in [3.8, 4) is 0 Å². The maximum absolute atomic E-state index is 8.74. The Morgan fingerprint density at radius 2 is 1.65 bits per heavy atom. The third kappa shape index (κ3) is 9.96. The van der Waals surface area contributed by atoms with Crippen molar-refractivity contribution in [2.75, 3.05) is 39.3 Å². The summed E-state index contributed by atoms with van der Waals surface area (Å²) in [6, 6.07) is 0. The lowest BCUT2D eigenvalue weighted by Gasteiger charge is -2.34. The first-order valence-corrected chi connectivity index (χ1v) is 6.26. The molecule has 1 aliphatic rings. The van der Waals surface area contributed by atoms with E-state index >= 15 is 0 Å². The molecule has 0 amide bonds. The topological polar surface area (TPSA) is 151 Å². The molecule has 0 aromatic rings. The molecule has 0 unspecified atom stereocenters. The SMILES string of the molecule is N=C(N)N1CCN(CCO)CC1.O=S(=O)(O)O. The number of nitrogens with two attached hydrogens (primary N) is 1. The summed E-state index contributed by atoms with van der Waals surface area (Å²) in [5.41, 5.74) is 5.33. The zero-order chi connectivity index (χ0) is 13.5. The van der Waals surface area contributed by atoms with E-state index in [0.29, 0.717) is 0 Å². The summed E-state index contributed by atoms with van der Waals surface area (Å²) in [6.07, 6.45) is 0. The van der Waals surface area contributed by atoms with Crippen LogP contribution in [-0.4, -0.2) is 77.7 Å². The Balaban J connectivity index is 0.000000437. The van der Waals surface area contributed by atoms with Gasteiger partial charge in [-0.1, -0.05) is 0 Å². The van der Waals surface area contributed by atoms with Crippen LogP contribution in [0.3, 0.4) is 0 Å². The minimum atomic E-state index is -4.67. The molecule has 0 saturated carbocycles. The first kappa shape index (κ1) is 16.1. The van der Waals surface area contributed by atoms with Gasteiger partial charge in [-0.3, -0.25) is 19.4 Å². The van der Waals surface area contributed by atoms with Gasteiger partial charge in [-0.2, -0.15) is 8.42 Å². The molecule has 1 fully saturated rings. The number of aliphatic hydroxyl groups excluding tert-OH is 1. The van der Waals surface area contributed by atoms with Crippen molar-refractivity contribution in [2.45, 2.75) is 0 Å². The molecular formula is C7H18N4O5S. The van der Waals surface area contributed by atoms with Crippen LogP contribution in [0.5, 0.6) is 0 Å². The molecule has 10 heteroatoms.